The van der Waals surface area contributed by atoms with Crippen LogP contribution >= 0.6 is 11.8 Å². The smallest absolute Gasteiger partial charge is 0.137 e. The summed E-state index contributed by atoms with van der Waals surface area (Å²) in [6, 6.07) is 14.0. The molecular formula is C14H12N2OS. The highest BCUT2D eigenvalue weighted by molar-refractivity contribution is 7.99. The lowest BCUT2D eigenvalue weighted by Crippen LogP contribution is -1.85. The molecule has 2 aromatic heterocycles. The molecule has 0 unspecified atom stereocenters. The monoisotopic (exact) mass is 256 g/mol. The van der Waals surface area contributed by atoms with Gasteiger partial charge in [0.15, 0.2) is 0 Å². The van der Waals surface area contributed by atoms with Crippen molar-refractivity contribution in [1.82, 2.24) is 9.38 Å². The third-order valence-electron chi connectivity index (χ3n) is 2.66. The van der Waals surface area contributed by atoms with Gasteiger partial charge in [0.25, 0.3) is 0 Å². The average Bonchev–Trinajstić information content (AvgIpc) is 2.83. The van der Waals surface area contributed by atoms with Gasteiger partial charge in [0.05, 0.1) is 13.3 Å². The third kappa shape index (κ3) is 2.07. The normalized spacial score (nSPS) is 10.7. The van der Waals surface area contributed by atoms with Gasteiger partial charge in [0, 0.05) is 11.1 Å². The quantitative estimate of drug-likeness (QED) is 0.717. The van der Waals surface area contributed by atoms with Crippen molar-refractivity contribution >= 4 is 17.4 Å². The number of rotatable bonds is 3. The van der Waals surface area contributed by atoms with Gasteiger partial charge < -0.3 is 4.74 Å². The van der Waals surface area contributed by atoms with E-state index in [0.29, 0.717) is 0 Å². The number of fused-ring (bicyclic) bond motifs is 1. The molecule has 0 spiro atoms. The number of hydrogen-bond acceptors (Lipinski definition) is 3. The number of imidazole rings is 1. The fourth-order valence-corrected chi connectivity index (χ4v) is 2.62. The zero-order valence-corrected chi connectivity index (χ0v) is 10.7. The number of benzene rings is 1. The second-order valence-corrected chi connectivity index (χ2v) is 4.90. The van der Waals surface area contributed by atoms with Gasteiger partial charge in [-0.1, -0.05) is 17.8 Å². The molecule has 0 aliphatic heterocycles. The number of methoxy groups -OCH3 is 1. The SMILES string of the molecule is COc1ccc(Sc2cnc3ccccn23)cc1. The summed E-state index contributed by atoms with van der Waals surface area (Å²) in [5.41, 5.74) is 0.966. The molecule has 3 rings (SSSR count). The minimum absolute atomic E-state index is 0.873. The Bertz CT molecular complexity index is 661. The number of ether oxygens (including phenoxy) is 1. The predicted molar refractivity (Wildman–Crippen MR) is 72.3 cm³/mol. The Morgan fingerprint density at radius 3 is 2.72 bits per heavy atom. The highest BCUT2D eigenvalue weighted by Crippen LogP contribution is 2.29. The molecule has 1 aromatic carbocycles. The van der Waals surface area contributed by atoms with Gasteiger partial charge in [-0.2, -0.15) is 0 Å². The van der Waals surface area contributed by atoms with Crippen LogP contribution in [0.2, 0.25) is 0 Å². The molecule has 0 radical (unpaired) electrons. The molecule has 2 heterocycles. The van der Waals surface area contributed by atoms with E-state index in [1.54, 1.807) is 18.9 Å². The largest absolute Gasteiger partial charge is 0.497 e. The maximum atomic E-state index is 5.15. The van der Waals surface area contributed by atoms with Crippen molar-refractivity contribution in [3.8, 4) is 5.75 Å². The summed E-state index contributed by atoms with van der Waals surface area (Å²) in [5.74, 6) is 0.873. The highest BCUT2D eigenvalue weighted by Gasteiger charge is 2.04. The van der Waals surface area contributed by atoms with E-state index in [2.05, 4.69) is 9.38 Å². The van der Waals surface area contributed by atoms with E-state index in [0.717, 1.165) is 16.4 Å². The average molecular weight is 256 g/mol. The van der Waals surface area contributed by atoms with Crippen molar-refractivity contribution < 1.29 is 4.74 Å². The maximum absolute atomic E-state index is 5.15. The Balaban J connectivity index is 1.91. The molecule has 0 saturated heterocycles. The van der Waals surface area contributed by atoms with E-state index in [1.807, 2.05) is 54.9 Å². The van der Waals surface area contributed by atoms with E-state index < -0.39 is 0 Å². The Morgan fingerprint density at radius 2 is 1.94 bits per heavy atom. The predicted octanol–water partition coefficient (Wildman–Crippen LogP) is 3.49. The third-order valence-corrected chi connectivity index (χ3v) is 3.68. The summed E-state index contributed by atoms with van der Waals surface area (Å²) in [5, 5.41) is 1.11. The molecule has 0 aliphatic carbocycles. The molecule has 0 N–H and O–H groups in total. The van der Waals surface area contributed by atoms with Crippen LogP contribution in [-0.2, 0) is 0 Å². The number of pyridine rings is 1. The molecule has 90 valence electrons. The lowest BCUT2D eigenvalue weighted by molar-refractivity contribution is 0.414. The van der Waals surface area contributed by atoms with Gasteiger partial charge in [0.1, 0.15) is 16.4 Å². The molecule has 3 aromatic rings. The van der Waals surface area contributed by atoms with Gasteiger partial charge in [-0.25, -0.2) is 4.98 Å². The molecular weight excluding hydrogens is 244 g/mol. The van der Waals surface area contributed by atoms with Crippen LogP contribution < -0.4 is 4.74 Å². The Kier molecular flexibility index (Phi) is 2.94. The minimum atomic E-state index is 0.873. The molecule has 0 fully saturated rings. The van der Waals surface area contributed by atoms with E-state index >= 15 is 0 Å². The van der Waals surface area contributed by atoms with Crippen molar-refractivity contribution in [2.24, 2.45) is 0 Å². The number of aromatic nitrogens is 2. The van der Waals surface area contributed by atoms with Crippen LogP contribution in [0.1, 0.15) is 0 Å². The van der Waals surface area contributed by atoms with Crippen molar-refractivity contribution in [3.05, 3.63) is 54.9 Å². The van der Waals surface area contributed by atoms with Crippen LogP contribution in [0.4, 0.5) is 0 Å². The molecule has 0 atom stereocenters. The van der Waals surface area contributed by atoms with Crippen LogP contribution in [0.3, 0.4) is 0 Å². The summed E-state index contributed by atoms with van der Waals surface area (Å²) in [6.07, 6.45) is 3.92. The fourth-order valence-electron chi connectivity index (χ4n) is 1.75. The highest BCUT2D eigenvalue weighted by atomic mass is 32.2. The molecule has 0 saturated carbocycles. The molecule has 3 nitrogen and oxygen atoms in total. The molecule has 0 amide bonds. The van der Waals surface area contributed by atoms with E-state index in [-0.39, 0.29) is 0 Å². The standard InChI is InChI=1S/C14H12N2OS/c1-17-11-5-7-12(8-6-11)18-14-10-15-13-4-2-3-9-16(13)14/h2-10H,1H3. The van der Waals surface area contributed by atoms with Crippen LogP contribution in [0.25, 0.3) is 5.65 Å². The first-order chi connectivity index (χ1) is 8.86. The van der Waals surface area contributed by atoms with Gasteiger partial charge >= 0.3 is 0 Å². The van der Waals surface area contributed by atoms with E-state index in [4.69, 9.17) is 4.74 Å². The van der Waals surface area contributed by atoms with Gasteiger partial charge in [-0.05, 0) is 36.4 Å². The summed E-state index contributed by atoms with van der Waals surface area (Å²) >= 11 is 1.69. The number of hydrogen-bond donors (Lipinski definition) is 0. The molecule has 4 heteroatoms. The molecule has 0 bridgehead atoms. The first kappa shape index (κ1) is 11.2. The van der Waals surface area contributed by atoms with Crippen LogP contribution in [0.15, 0.2) is 64.8 Å². The van der Waals surface area contributed by atoms with Crippen LogP contribution in [0.5, 0.6) is 5.75 Å². The number of nitrogens with zero attached hydrogens (tertiary/aromatic N) is 2. The van der Waals surface area contributed by atoms with E-state index in [9.17, 15) is 0 Å². The summed E-state index contributed by atoms with van der Waals surface area (Å²) in [6.45, 7) is 0. The lowest BCUT2D eigenvalue weighted by Gasteiger charge is -2.03. The second kappa shape index (κ2) is 4.74. The fraction of sp³-hybridized carbons (Fsp3) is 0.0714. The topological polar surface area (TPSA) is 26.5 Å². The first-order valence-corrected chi connectivity index (χ1v) is 6.42. The zero-order valence-electron chi connectivity index (χ0n) is 9.91. The summed E-state index contributed by atoms with van der Waals surface area (Å²) < 4.78 is 7.23. The Labute approximate surface area is 109 Å². The van der Waals surface area contributed by atoms with E-state index in [1.165, 1.54) is 4.90 Å². The first-order valence-electron chi connectivity index (χ1n) is 5.61. The van der Waals surface area contributed by atoms with Crippen molar-refractivity contribution in [2.45, 2.75) is 9.92 Å². The van der Waals surface area contributed by atoms with Crippen molar-refractivity contribution in [3.63, 3.8) is 0 Å². The lowest BCUT2D eigenvalue weighted by atomic mass is 10.3. The Morgan fingerprint density at radius 1 is 1.11 bits per heavy atom. The minimum Gasteiger partial charge on any atom is -0.497 e. The molecule has 0 aliphatic rings. The summed E-state index contributed by atoms with van der Waals surface area (Å²) in [4.78, 5) is 5.53. The van der Waals surface area contributed by atoms with Crippen LogP contribution in [0, 0.1) is 0 Å². The van der Waals surface area contributed by atoms with Gasteiger partial charge in [-0.3, -0.25) is 4.40 Å². The van der Waals surface area contributed by atoms with Crippen molar-refractivity contribution in [2.75, 3.05) is 7.11 Å². The van der Waals surface area contributed by atoms with Crippen molar-refractivity contribution in [1.29, 1.82) is 0 Å². The summed E-state index contributed by atoms with van der Waals surface area (Å²) in [7, 11) is 1.67. The Hall–Kier alpha value is -1.94. The van der Waals surface area contributed by atoms with Crippen LogP contribution in [-0.4, -0.2) is 16.5 Å². The second-order valence-electron chi connectivity index (χ2n) is 3.80. The van der Waals surface area contributed by atoms with Gasteiger partial charge in [-0.15, -0.1) is 0 Å². The van der Waals surface area contributed by atoms with Gasteiger partial charge in [0.2, 0.25) is 0 Å². The zero-order chi connectivity index (χ0) is 12.4. The molecule has 18 heavy (non-hydrogen) atoms. The maximum Gasteiger partial charge on any atom is 0.137 e.